The molecule has 1 rings (SSSR count). The monoisotopic (exact) mass is 273 g/mol. The van der Waals surface area contributed by atoms with E-state index in [1.807, 2.05) is 38.1 Å². The Bertz CT molecular complexity index is 392. The van der Waals surface area contributed by atoms with Gasteiger partial charge in [0.1, 0.15) is 6.04 Å². The standard InChI is InChI=1S/C12H16ClNO2S/c1-12(2,7-10(14)11(15)16)17-9-5-3-8(13)4-6-9/h3-6,10H,7,14H2,1-2H3,(H,15,16). The lowest BCUT2D eigenvalue weighted by Crippen LogP contribution is -2.36. The first-order valence-electron chi connectivity index (χ1n) is 5.23. The van der Waals surface area contributed by atoms with Gasteiger partial charge < -0.3 is 10.8 Å². The third-order valence-electron chi connectivity index (χ3n) is 2.24. The number of aliphatic carboxylic acids is 1. The van der Waals surface area contributed by atoms with Crippen LogP contribution in [0.1, 0.15) is 20.3 Å². The summed E-state index contributed by atoms with van der Waals surface area (Å²) in [6, 6.07) is 6.64. The molecule has 3 nitrogen and oxygen atoms in total. The fourth-order valence-corrected chi connectivity index (χ4v) is 2.78. The van der Waals surface area contributed by atoms with Crippen LogP contribution in [0.5, 0.6) is 0 Å². The Morgan fingerprint density at radius 2 is 2.00 bits per heavy atom. The number of nitrogens with two attached hydrogens (primary N) is 1. The molecule has 17 heavy (non-hydrogen) atoms. The minimum Gasteiger partial charge on any atom is -0.480 e. The van der Waals surface area contributed by atoms with Crippen LogP contribution in [0.2, 0.25) is 5.02 Å². The summed E-state index contributed by atoms with van der Waals surface area (Å²) in [5.74, 6) is -0.963. The Labute approximate surface area is 110 Å². The van der Waals surface area contributed by atoms with E-state index in [4.69, 9.17) is 22.4 Å². The predicted octanol–water partition coefficient (Wildman–Crippen LogP) is 3.01. The van der Waals surface area contributed by atoms with Gasteiger partial charge in [-0.2, -0.15) is 0 Å². The number of carboxylic acid groups (broad SMARTS) is 1. The van der Waals surface area contributed by atoms with E-state index in [9.17, 15) is 4.79 Å². The van der Waals surface area contributed by atoms with Gasteiger partial charge in [-0.1, -0.05) is 25.4 Å². The zero-order valence-electron chi connectivity index (χ0n) is 9.81. The van der Waals surface area contributed by atoms with Gasteiger partial charge in [-0.15, -0.1) is 11.8 Å². The largest absolute Gasteiger partial charge is 0.480 e. The molecule has 1 unspecified atom stereocenters. The van der Waals surface area contributed by atoms with Crippen LogP contribution in [0.15, 0.2) is 29.2 Å². The van der Waals surface area contributed by atoms with E-state index in [-0.39, 0.29) is 4.75 Å². The number of carboxylic acids is 1. The lowest BCUT2D eigenvalue weighted by atomic mass is 10.0. The highest BCUT2D eigenvalue weighted by atomic mass is 35.5. The number of hydrogen-bond acceptors (Lipinski definition) is 3. The second-order valence-electron chi connectivity index (χ2n) is 4.46. The number of carbonyl (C=O) groups is 1. The fraction of sp³-hybridized carbons (Fsp3) is 0.417. The maximum absolute atomic E-state index is 10.7. The number of benzene rings is 1. The van der Waals surface area contributed by atoms with Crippen molar-refractivity contribution >= 4 is 29.3 Å². The molecule has 0 saturated carbocycles. The first kappa shape index (κ1) is 14.4. The highest BCUT2D eigenvalue weighted by molar-refractivity contribution is 8.00. The lowest BCUT2D eigenvalue weighted by molar-refractivity contribution is -0.138. The topological polar surface area (TPSA) is 63.3 Å². The Morgan fingerprint density at radius 1 is 1.47 bits per heavy atom. The molecule has 0 aliphatic rings. The minimum atomic E-state index is -0.963. The normalized spacial score (nSPS) is 13.4. The van der Waals surface area contributed by atoms with Crippen molar-refractivity contribution in [1.29, 1.82) is 0 Å². The second-order valence-corrected chi connectivity index (χ2v) is 6.68. The number of hydrogen-bond donors (Lipinski definition) is 2. The van der Waals surface area contributed by atoms with Gasteiger partial charge in [-0.25, -0.2) is 0 Å². The SMILES string of the molecule is CC(C)(CC(N)C(=O)O)Sc1ccc(Cl)cc1. The van der Waals surface area contributed by atoms with E-state index in [0.717, 1.165) is 4.90 Å². The number of halogens is 1. The Kier molecular flexibility index (Phi) is 4.86. The van der Waals surface area contributed by atoms with Gasteiger partial charge >= 0.3 is 5.97 Å². The molecule has 0 spiro atoms. The van der Waals surface area contributed by atoms with E-state index in [1.165, 1.54) is 0 Å². The molecular formula is C12H16ClNO2S. The van der Waals surface area contributed by atoms with Crippen molar-refractivity contribution in [2.75, 3.05) is 0 Å². The second kappa shape index (κ2) is 5.76. The summed E-state index contributed by atoms with van der Waals surface area (Å²) in [5.41, 5.74) is 5.55. The summed E-state index contributed by atoms with van der Waals surface area (Å²) >= 11 is 7.40. The van der Waals surface area contributed by atoms with Crippen molar-refractivity contribution in [2.24, 2.45) is 5.73 Å². The minimum absolute atomic E-state index is 0.231. The third kappa shape index (κ3) is 4.98. The molecule has 0 aromatic heterocycles. The first-order chi connectivity index (χ1) is 7.80. The molecule has 1 aromatic rings. The van der Waals surface area contributed by atoms with Crippen LogP contribution >= 0.6 is 23.4 Å². The molecule has 0 saturated heterocycles. The molecule has 0 bridgehead atoms. The maximum atomic E-state index is 10.7. The number of rotatable bonds is 5. The molecule has 3 N–H and O–H groups in total. The Hall–Kier alpha value is -0.710. The van der Waals surface area contributed by atoms with Gasteiger partial charge in [0.05, 0.1) is 0 Å². The molecule has 0 aliphatic heterocycles. The van der Waals surface area contributed by atoms with Gasteiger partial charge in [0.15, 0.2) is 0 Å². The smallest absolute Gasteiger partial charge is 0.320 e. The quantitative estimate of drug-likeness (QED) is 0.810. The molecule has 0 aliphatic carbocycles. The van der Waals surface area contributed by atoms with E-state index >= 15 is 0 Å². The van der Waals surface area contributed by atoms with Crippen molar-refractivity contribution in [3.8, 4) is 0 Å². The molecule has 94 valence electrons. The third-order valence-corrected chi connectivity index (χ3v) is 3.72. The maximum Gasteiger partial charge on any atom is 0.320 e. The van der Waals surface area contributed by atoms with Crippen molar-refractivity contribution in [1.82, 2.24) is 0 Å². The zero-order chi connectivity index (χ0) is 13.1. The Balaban J connectivity index is 2.65. The fourth-order valence-electron chi connectivity index (χ4n) is 1.48. The van der Waals surface area contributed by atoms with Gasteiger partial charge in [-0.05, 0) is 30.7 Å². The average Bonchev–Trinajstić information content (AvgIpc) is 2.20. The van der Waals surface area contributed by atoms with Crippen molar-refractivity contribution in [3.63, 3.8) is 0 Å². The van der Waals surface area contributed by atoms with Crippen molar-refractivity contribution < 1.29 is 9.90 Å². The van der Waals surface area contributed by atoms with E-state index in [0.29, 0.717) is 11.4 Å². The summed E-state index contributed by atoms with van der Waals surface area (Å²) in [6.07, 6.45) is 0.412. The summed E-state index contributed by atoms with van der Waals surface area (Å²) in [4.78, 5) is 11.8. The van der Waals surface area contributed by atoms with Crippen LogP contribution in [0, 0.1) is 0 Å². The summed E-state index contributed by atoms with van der Waals surface area (Å²) in [5, 5.41) is 9.49. The van der Waals surface area contributed by atoms with Crippen LogP contribution in [0.25, 0.3) is 0 Å². The molecule has 5 heteroatoms. The van der Waals surface area contributed by atoms with Crippen LogP contribution < -0.4 is 5.73 Å². The van der Waals surface area contributed by atoms with Crippen molar-refractivity contribution in [3.05, 3.63) is 29.3 Å². The van der Waals surface area contributed by atoms with E-state index in [1.54, 1.807) is 11.8 Å². The molecule has 0 heterocycles. The highest BCUT2D eigenvalue weighted by Crippen LogP contribution is 2.36. The highest BCUT2D eigenvalue weighted by Gasteiger charge is 2.26. The first-order valence-corrected chi connectivity index (χ1v) is 6.42. The molecule has 0 radical (unpaired) electrons. The average molecular weight is 274 g/mol. The van der Waals surface area contributed by atoms with E-state index < -0.39 is 12.0 Å². The van der Waals surface area contributed by atoms with Crippen LogP contribution in [-0.2, 0) is 4.79 Å². The lowest BCUT2D eigenvalue weighted by Gasteiger charge is -2.25. The van der Waals surface area contributed by atoms with Crippen molar-refractivity contribution in [2.45, 2.75) is 36.0 Å². The summed E-state index contributed by atoms with van der Waals surface area (Å²) < 4.78 is -0.231. The van der Waals surface area contributed by atoms with Crippen LogP contribution in [-0.4, -0.2) is 21.9 Å². The summed E-state index contributed by atoms with van der Waals surface area (Å²) in [7, 11) is 0. The summed E-state index contributed by atoms with van der Waals surface area (Å²) in [6.45, 7) is 3.96. The van der Waals surface area contributed by atoms with Gasteiger partial charge in [0.2, 0.25) is 0 Å². The molecule has 1 aromatic carbocycles. The molecule has 1 atom stereocenters. The van der Waals surface area contributed by atoms with Gasteiger partial charge in [-0.3, -0.25) is 4.79 Å². The predicted molar refractivity (Wildman–Crippen MR) is 71.6 cm³/mol. The van der Waals surface area contributed by atoms with E-state index in [2.05, 4.69) is 0 Å². The Morgan fingerprint density at radius 3 is 2.47 bits per heavy atom. The van der Waals surface area contributed by atoms with Gasteiger partial charge in [0.25, 0.3) is 0 Å². The zero-order valence-corrected chi connectivity index (χ0v) is 11.4. The molecule has 0 fully saturated rings. The van der Waals surface area contributed by atoms with Crippen LogP contribution in [0.4, 0.5) is 0 Å². The molecular weight excluding hydrogens is 258 g/mol. The molecule has 0 amide bonds. The number of thioether (sulfide) groups is 1. The van der Waals surface area contributed by atoms with Crippen LogP contribution in [0.3, 0.4) is 0 Å². The van der Waals surface area contributed by atoms with Gasteiger partial charge in [0, 0.05) is 14.7 Å².